The van der Waals surface area contributed by atoms with Gasteiger partial charge in [0, 0.05) is 4.48 Å². The van der Waals surface area contributed by atoms with E-state index in [1.165, 1.54) is 17.3 Å². The molecule has 1 aliphatic rings. The fraction of sp³-hybridized carbons (Fsp3) is 0.429. The van der Waals surface area contributed by atoms with E-state index in [0.717, 1.165) is 24.3 Å². The summed E-state index contributed by atoms with van der Waals surface area (Å²) in [5, 5.41) is 0. The van der Waals surface area contributed by atoms with Gasteiger partial charge in [-0.2, -0.15) is 0 Å². The number of halogens is 1. The van der Waals surface area contributed by atoms with Crippen LogP contribution in [-0.4, -0.2) is 13.2 Å². The number of rotatable bonds is 3. The zero-order chi connectivity index (χ0) is 12.1. The monoisotopic (exact) mass is 296 g/mol. The second kappa shape index (κ2) is 6.10. The van der Waals surface area contributed by atoms with Crippen LogP contribution in [0.3, 0.4) is 0 Å². The summed E-state index contributed by atoms with van der Waals surface area (Å²) in [6, 6.07) is 7.74. The van der Waals surface area contributed by atoms with Crippen LogP contribution in [0.2, 0.25) is 0 Å². The van der Waals surface area contributed by atoms with Gasteiger partial charge in [-0.05, 0) is 49.9 Å². The van der Waals surface area contributed by atoms with Crippen molar-refractivity contribution in [2.24, 2.45) is 0 Å². The minimum atomic E-state index is 0.158. The van der Waals surface area contributed by atoms with Crippen molar-refractivity contribution in [2.45, 2.75) is 31.8 Å². The van der Waals surface area contributed by atoms with Gasteiger partial charge in [-0.1, -0.05) is 22.0 Å². The van der Waals surface area contributed by atoms with Gasteiger partial charge in [-0.25, -0.2) is 0 Å². The van der Waals surface area contributed by atoms with Gasteiger partial charge in [0.05, 0.1) is 7.11 Å². The molecule has 0 fully saturated rings. The molecule has 0 spiro atoms. The number of hydrogen-bond acceptors (Lipinski definition) is 2. The van der Waals surface area contributed by atoms with Gasteiger partial charge in [-0.15, -0.1) is 0 Å². The smallest absolute Gasteiger partial charge is 0.130 e. The van der Waals surface area contributed by atoms with Crippen molar-refractivity contribution in [1.82, 2.24) is 0 Å². The van der Waals surface area contributed by atoms with Crippen molar-refractivity contribution in [2.75, 3.05) is 7.11 Å². The Kier molecular flexibility index (Phi) is 4.49. The first-order valence-electron chi connectivity index (χ1n) is 5.96. The van der Waals surface area contributed by atoms with Crippen LogP contribution >= 0.6 is 15.9 Å². The van der Waals surface area contributed by atoms with E-state index in [1.54, 1.807) is 7.11 Å². The molecule has 17 heavy (non-hydrogen) atoms. The van der Waals surface area contributed by atoms with Crippen molar-refractivity contribution < 1.29 is 9.47 Å². The van der Waals surface area contributed by atoms with Crippen LogP contribution in [0.15, 0.2) is 34.8 Å². The maximum absolute atomic E-state index is 5.98. The highest BCUT2D eigenvalue weighted by molar-refractivity contribution is 9.11. The van der Waals surface area contributed by atoms with Gasteiger partial charge in [0.25, 0.3) is 0 Å². The molecule has 1 unspecified atom stereocenters. The molecule has 2 rings (SSSR count). The quantitative estimate of drug-likeness (QED) is 0.828. The molecule has 0 aromatic heterocycles. The third-order valence-electron chi connectivity index (χ3n) is 2.91. The molecule has 0 saturated carbocycles. The summed E-state index contributed by atoms with van der Waals surface area (Å²) in [7, 11) is 1.67. The van der Waals surface area contributed by atoms with Crippen LogP contribution in [0.25, 0.3) is 0 Å². The Morgan fingerprint density at radius 2 is 1.82 bits per heavy atom. The molecule has 0 aliphatic heterocycles. The predicted molar refractivity (Wildman–Crippen MR) is 72.9 cm³/mol. The van der Waals surface area contributed by atoms with E-state index in [9.17, 15) is 0 Å². The Labute approximate surface area is 111 Å². The Balaban J connectivity index is 2.03. The van der Waals surface area contributed by atoms with Crippen molar-refractivity contribution in [3.05, 3.63) is 34.8 Å². The van der Waals surface area contributed by atoms with E-state index >= 15 is 0 Å². The summed E-state index contributed by atoms with van der Waals surface area (Å²) in [4.78, 5) is 0. The molecule has 1 atom stereocenters. The molecular weight excluding hydrogens is 280 g/mol. The predicted octanol–water partition coefficient (Wildman–Crippen LogP) is 4.30. The topological polar surface area (TPSA) is 18.5 Å². The van der Waals surface area contributed by atoms with Gasteiger partial charge in [0.1, 0.15) is 17.6 Å². The molecule has 1 aliphatic carbocycles. The third kappa shape index (κ3) is 3.50. The lowest BCUT2D eigenvalue weighted by Crippen LogP contribution is -2.15. The lowest BCUT2D eigenvalue weighted by molar-refractivity contribution is 0.234. The van der Waals surface area contributed by atoms with Crippen molar-refractivity contribution in [1.29, 1.82) is 0 Å². The first-order chi connectivity index (χ1) is 8.29. The van der Waals surface area contributed by atoms with Crippen LogP contribution in [-0.2, 0) is 0 Å². The van der Waals surface area contributed by atoms with Gasteiger partial charge in [0.15, 0.2) is 0 Å². The van der Waals surface area contributed by atoms with Crippen molar-refractivity contribution in [3.8, 4) is 11.5 Å². The summed E-state index contributed by atoms with van der Waals surface area (Å²) in [6.07, 6.45) is 7.06. The minimum Gasteiger partial charge on any atom is -0.497 e. The minimum absolute atomic E-state index is 0.158. The lowest BCUT2D eigenvalue weighted by Gasteiger charge is -2.17. The molecule has 0 radical (unpaired) electrons. The SMILES string of the molecule is COc1ccc(OC2CCCCC=C2Br)cc1. The number of benzene rings is 1. The van der Waals surface area contributed by atoms with E-state index in [1.807, 2.05) is 24.3 Å². The van der Waals surface area contributed by atoms with Gasteiger partial charge in [-0.3, -0.25) is 0 Å². The molecule has 92 valence electrons. The van der Waals surface area contributed by atoms with E-state index in [4.69, 9.17) is 9.47 Å². The van der Waals surface area contributed by atoms with Crippen LogP contribution in [0, 0.1) is 0 Å². The van der Waals surface area contributed by atoms with Gasteiger partial charge >= 0.3 is 0 Å². The average Bonchev–Trinajstić information content (AvgIpc) is 2.56. The zero-order valence-corrected chi connectivity index (χ0v) is 11.6. The van der Waals surface area contributed by atoms with Crippen LogP contribution in [0.4, 0.5) is 0 Å². The molecule has 2 nitrogen and oxygen atoms in total. The maximum Gasteiger partial charge on any atom is 0.130 e. The maximum atomic E-state index is 5.98. The summed E-state index contributed by atoms with van der Waals surface area (Å²) >= 11 is 3.60. The molecule has 3 heteroatoms. The Bertz CT molecular complexity index is 384. The Hall–Kier alpha value is -0.960. The molecule has 1 aromatic carbocycles. The highest BCUT2D eigenvalue weighted by Gasteiger charge is 2.16. The summed E-state index contributed by atoms with van der Waals surface area (Å²) in [5.74, 6) is 1.75. The fourth-order valence-corrected chi connectivity index (χ4v) is 2.47. The van der Waals surface area contributed by atoms with Gasteiger partial charge < -0.3 is 9.47 Å². The normalized spacial score (nSPS) is 20.4. The van der Waals surface area contributed by atoms with E-state index in [2.05, 4.69) is 22.0 Å². The Morgan fingerprint density at radius 1 is 1.12 bits per heavy atom. The number of hydrogen-bond donors (Lipinski definition) is 0. The first-order valence-corrected chi connectivity index (χ1v) is 6.75. The largest absolute Gasteiger partial charge is 0.497 e. The second-order valence-electron chi connectivity index (χ2n) is 4.16. The van der Waals surface area contributed by atoms with Crippen LogP contribution in [0.5, 0.6) is 11.5 Å². The number of allylic oxidation sites excluding steroid dienone is 1. The molecule has 0 heterocycles. The standard InChI is InChI=1S/C14H17BrO2/c1-16-11-7-9-12(10-8-11)17-14-6-4-2-3-5-13(14)15/h5,7-10,14H,2-4,6H2,1H3. The van der Waals surface area contributed by atoms with Gasteiger partial charge in [0.2, 0.25) is 0 Å². The Morgan fingerprint density at radius 3 is 2.53 bits per heavy atom. The lowest BCUT2D eigenvalue weighted by atomic mass is 10.2. The first kappa shape index (κ1) is 12.5. The van der Waals surface area contributed by atoms with Crippen LogP contribution < -0.4 is 9.47 Å². The third-order valence-corrected chi connectivity index (χ3v) is 3.74. The van der Waals surface area contributed by atoms with E-state index in [-0.39, 0.29) is 6.10 Å². The van der Waals surface area contributed by atoms with Crippen molar-refractivity contribution in [3.63, 3.8) is 0 Å². The van der Waals surface area contributed by atoms with E-state index in [0.29, 0.717) is 0 Å². The molecule has 0 saturated heterocycles. The summed E-state index contributed by atoms with van der Waals surface area (Å²) < 4.78 is 12.3. The second-order valence-corrected chi connectivity index (χ2v) is 5.07. The molecule has 0 bridgehead atoms. The molecule has 0 N–H and O–H groups in total. The molecule has 0 amide bonds. The van der Waals surface area contributed by atoms with Crippen molar-refractivity contribution >= 4 is 15.9 Å². The fourth-order valence-electron chi connectivity index (χ4n) is 1.92. The highest BCUT2D eigenvalue weighted by atomic mass is 79.9. The zero-order valence-electron chi connectivity index (χ0n) is 9.99. The summed E-state index contributed by atoms with van der Waals surface area (Å²) in [6.45, 7) is 0. The highest BCUT2D eigenvalue weighted by Crippen LogP contribution is 2.27. The molecule has 1 aromatic rings. The number of ether oxygens (including phenoxy) is 2. The summed E-state index contributed by atoms with van der Waals surface area (Å²) in [5.41, 5.74) is 0. The average molecular weight is 297 g/mol. The number of methoxy groups -OCH3 is 1. The molecular formula is C14H17BrO2. The van der Waals surface area contributed by atoms with E-state index < -0.39 is 0 Å². The van der Waals surface area contributed by atoms with Crippen LogP contribution in [0.1, 0.15) is 25.7 Å².